The molecule has 11 aromatic rings. The van der Waals surface area contributed by atoms with Crippen molar-refractivity contribution in [1.29, 1.82) is 0 Å². The maximum atomic E-state index is 5.22. The number of para-hydroxylation sites is 1. The summed E-state index contributed by atoms with van der Waals surface area (Å²) in [5.41, 5.74) is 11.0. The van der Waals surface area contributed by atoms with Crippen LogP contribution in [0.3, 0.4) is 0 Å². The second-order valence-corrected chi connectivity index (χ2v) is 14.8. The minimum absolute atomic E-state index is 0.652. The van der Waals surface area contributed by atoms with Gasteiger partial charge in [-0.1, -0.05) is 158 Å². The Morgan fingerprint density at radius 2 is 0.907 bits per heavy atom. The van der Waals surface area contributed by atoms with E-state index in [1.54, 1.807) is 0 Å². The molecule has 0 aliphatic carbocycles. The molecule has 0 saturated heterocycles. The van der Waals surface area contributed by atoms with Crippen molar-refractivity contribution in [2.75, 3.05) is 0 Å². The molecule has 3 aromatic heterocycles. The smallest absolute Gasteiger partial charge is 0.235 e. The number of rotatable bonds is 5. The zero-order valence-electron chi connectivity index (χ0n) is 29.1. The first-order valence-electron chi connectivity index (χ1n) is 18.2. The van der Waals surface area contributed by atoms with Crippen molar-refractivity contribution in [2.24, 2.45) is 0 Å². The minimum atomic E-state index is 0.652. The van der Waals surface area contributed by atoms with E-state index in [-0.39, 0.29) is 0 Å². The van der Waals surface area contributed by atoms with Gasteiger partial charge in [-0.3, -0.25) is 4.57 Å². The predicted molar refractivity (Wildman–Crippen MR) is 229 cm³/mol. The van der Waals surface area contributed by atoms with Crippen molar-refractivity contribution in [1.82, 2.24) is 14.5 Å². The van der Waals surface area contributed by atoms with E-state index < -0.39 is 0 Å². The van der Waals surface area contributed by atoms with Crippen LogP contribution in [0.1, 0.15) is 0 Å². The Labute approximate surface area is 316 Å². The molecule has 0 aliphatic heterocycles. The molecule has 0 spiro atoms. The lowest BCUT2D eigenvalue weighted by molar-refractivity contribution is 0.995. The van der Waals surface area contributed by atoms with Gasteiger partial charge in [-0.15, -0.1) is 11.3 Å². The zero-order chi connectivity index (χ0) is 35.6. The quantitative estimate of drug-likeness (QED) is 0.178. The number of hydrogen-bond donors (Lipinski definition) is 0. The van der Waals surface area contributed by atoms with Gasteiger partial charge >= 0.3 is 0 Å². The number of aromatic nitrogens is 3. The molecular formula is C50H31N3S. The summed E-state index contributed by atoms with van der Waals surface area (Å²) in [5, 5.41) is 7.46. The summed E-state index contributed by atoms with van der Waals surface area (Å²) in [6, 6.07) is 67.2. The normalized spacial score (nSPS) is 11.7. The SMILES string of the molecule is c1ccc(-c2cc(-c3ccccc3)nc(-n3c4ccccc4c4cc(-c5cccc6c(-c7cccc8c7sc7ccccc78)cccc56)ccc43)n2)cc1. The molecule has 0 unspecified atom stereocenters. The summed E-state index contributed by atoms with van der Waals surface area (Å²) in [4.78, 5) is 10.4. The van der Waals surface area contributed by atoms with Crippen LogP contribution in [0.4, 0.5) is 0 Å². The monoisotopic (exact) mass is 705 g/mol. The Morgan fingerprint density at radius 1 is 0.352 bits per heavy atom. The zero-order valence-corrected chi connectivity index (χ0v) is 30.0. The van der Waals surface area contributed by atoms with Gasteiger partial charge in [-0.2, -0.15) is 0 Å². The number of benzene rings is 8. The summed E-state index contributed by atoms with van der Waals surface area (Å²) in [6.07, 6.45) is 0. The highest BCUT2D eigenvalue weighted by Gasteiger charge is 2.19. The molecule has 0 aliphatic rings. The van der Waals surface area contributed by atoms with Gasteiger partial charge in [0.2, 0.25) is 5.95 Å². The summed E-state index contributed by atoms with van der Waals surface area (Å²) < 4.78 is 4.88. The van der Waals surface area contributed by atoms with E-state index in [0.29, 0.717) is 5.95 Å². The number of hydrogen-bond acceptors (Lipinski definition) is 3. The molecule has 0 amide bonds. The van der Waals surface area contributed by atoms with E-state index in [4.69, 9.17) is 9.97 Å². The molecule has 0 fully saturated rings. The molecule has 0 saturated carbocycles. The average Bonchev–Trinajstić information content (AvgIpc) is 3.79. The molecule has 0 bridgehead atoms. The van der Waals surface area contributed by atoms with Crippen molar-refractivity contribution >= 4 is 64.1 Å². The van der Waals surface area contributed by atoms with Gasteiger partial charge in [0.05, 0.1) is 22.4 Å². The van der Waals surface area contributed by atoms with Crippen LogP contribution in [0.25, 0.3) is 103 Å². The highest BCUT2D eigenvalue weighted by molar-refractivity contribution is 7.26. The molecule has 3 nitrogen and oxygen atoms in total. The Balaban J connectivity index is 1.10. The first-order valence-corrected chi connectivity index (χ1v) is 19.1. The lowest BCUT2D eigenvalue weighted by atomic mass is 9.92. The maximum Gasteiger partial charge on any atom is 0.235 e. The third-order valence-corrected chi connectivity index (χ3v) is 11.9. The molecule has 11 rings (SSSR count). The van der Waals surface area contributed by atoms with Gasteiger partial charge in [0.1, 0.15) is 0 Å². The average molecular weight is 706 g/mol. The molecule has 4 heteroatoms. The van der Waals surface area contributed by atoms with Gasteiger partial charge in [0.15, 0.2) is 0 Å². The molecule has 0 atom stereocenters. The maximum absolute atomic E-state index is 5.22. The molecule has 54 heavy (non-hydrogen) atoms. The van der Waals surface area contributed by atoms with E-state index in [2.05, 4.69) is 180 Å². The van der Waals surface area contributed by atoms with Crippen LogP contribution in [0, 0.1) is 0 Å². The molecular weight excluding hydrogens is 675 g/mol. The molecule has 8 aromatic carbocycles. The van der Waals surface area contributed by atoms with Crippen LogP contribution in [-0.2, 0) is 0 Å². The largest absolute Gasteiger partial charge is 0.278 e. The fourth-order valence-electron chi connectivity index (χ4n) is 8.16. The second-order valence-electron chi connectivity index (χ2n) is 13.7. The van der Waals surface area contributed by atoms with Gasteiger partial charge in [-0.25, -0.2) is 9.97 Å². The van der Waals surface area contributed by atoms with E-state index in [1.807, 2.05) is 23.5 Å². The van der Waals surface area contributed by atoms with Crippen molar-refractivity contribution in [2.45, 2.75) is 0 Å². The molecule has 0 N–H and O–H groups in total. The van der Waals surface area contributed by atoms with Crippen molar-refractivity contribution in [3.63, 3.8) is 0 Å². The van der Waals surface area contributed by atoms with Crippen LogP contribution in [0.15, 0.2) is 188 Å². The van der Waals surface area contributed by atoms with E-state index in [1.165, 1.54) is 64.0 Å². The summed E-state index contributed by atoms with van der Waals surface area (Å²) in [6.45, 7) is 0. The highest BCUT2D eigenvalue weighted by atomic mass is 32.1. The highest BCUT2D eigenvalue weighted by Crippen LogP contribution is 2.43. The number of fused-ring (bicyclic) bond motifs is 7. The lowest BCUT2D eigenvalue weighted by Gasteiger charge is -2.13. The molecule has 252 valence electrons. The first-order chi connectivity index (χ1) is 26.8. The topological polar surface area (TPSA) is 30.7 Å². The van der Waals surface area contributed by atoms with Crippen molar-refractivity contribution < 1.29 is 0 Å². The Hall–Kier alpha value is -6.88. The van der Waals surface area contributed by atoms with Gasteiger partial charge < -0.3 is 0 Å². The summed E-state index contributed by atoms with van der Waals surface area (Å²) >= 11 is 1.88. The third-order valence-electron chi connectivity index (χ3n) is 10.7. The van der Waals surface area contributed by atoms with Gasteiger partial charge in [-0.05, 0) is 57.8 Å². The van der Waals surface area contributed by atoms with E-state index in [0.717, 1.165) is 33.5 Å². The van der Waals surface area contributed by atoms with Gasteiger partial charge in [0, 0.05) is 47.6 Å². The molecule has 0 radical (unpaired) electrons. The van der Waals surface area contributed by atoms with E-state index >= 15 is 0 Å². The van der Waals surface area contributed by atoms with Crippen LogP contribution < -0.4 is 0 Å². The fourth-order valence-corrected chi connectivity index (χ4v) is 9.39. The number of nitrogens with zero attached hydrogens (tertiary/aromatic N) is 3. The predicted octanol–water partition coefficient (Wildman–Crippen LogP) is 13.8. The van der Waals surface area contributed by atoms with E-state index in [9.17, 15) is 0 Å². The summed E-state index contributed by atoms with van der Waals surface area (Å²) in [7, 11) is 0. The van der Waals surface area contributed by atoms with Crippen LogP contribution in [0.2, 0.25) is 0 Å². The lowest BCUT2D eigenvalue weighted by Crippen LogP contribution is -2.03. The molecule has 3 heterocycles. The van der Waals surface area contributed by atoms with Crippen LogP contribution in [0.5, 0.6) is 0 Å². The van der Waals surface area contributed by atoms with Crippen molar-refractivity contribution in [3.8, 4) is 50.7 Å². The fraction of sp³-hybridized carbons (Fsp3) is 0. The first kappa shape index (κ1) is 30.7. The van der Waals surface area contributed by atoms with Gasteiger partial charge in [0.25, 0.3) is 0 Å². The summed E-state index contributed by atoms with van der Waals surface area (Å²) in [5.74, 6) is 0.652. The van der Waals surface area contributed by atoms with Crippen LogP contribution >= 0.6 is 11.3 Å². The Kier molecular flexibility index (Phi) is 7.04. The standard InChI is InChI=1S/C50H31N3S/c1-3-14-32(15-4-1)44-31-45(33-16-5-2-6-17-33)52-50(51-44)53-46-26-9-7-18-39(46)43-30-34(28-29-47(43)53)35-20-11-22-37-36(35)21-12-23-38(37)41-24-13-25-42-40-19-8-10-27-48(40)54-49(41)42/h1-31H. The minimum Gasteiger partial charge on any atom is -0.278 e. The third kappa shape index (κ3) is 4.88. The van der Waals surface area contributed by atoms with Crippen LogP contribution in [-0.4, -0.2) is 14.5 Å². The number of thiophene rings is 1. The van der Waals surface area contributed by atoms with Crippen molar-refractivity contribution in [3.05, 3.63) is 188 Å². The second kappa shape index (κ2) is 12.4. The Bertz CT molecular complexity index is 3150. The Morgan fingerprint density at radius 3 is 1.65 bits per heavy atom.